The molecule has 1 aliphatic heterocycles. The second-order valence-corrected chi connectivity index (χ2v) is 6.85. The number of nitrogens with two attached hydrogens (primary N) is 1. The third-order valence-electron chi connectivity index (χ3n) is 4.91. The molecule has 0 saturated heterocycles. The highest BCUT2D eigenvalue weighted by Gasteiger charge is 2.24. The van der Waals surface area contributed by atoms with Gasteiger partial charge in [-0.2, -0.15) is 0 Å². The topological polar surface area (TPSA) is 124 Å². The van der Waals surface area contributed by atoms with Crippen LogP contribution in [0.3, 0.4) is 0 Å². The van der Waals surface area contributed by atoms with Gasteiger partial charge in [0, 0.05) is 23.9 Å². The molecular formula is C20H25N3O5. The number of nitrogens with zero attached hydrogens (tertiary/aromatic N) is 1. The number of fused-ring (bicyclic) bond motifs is 2. The largest absolute Gasteiger partial charge is 0.478 e. The Morgan fingerprint density at radius 1 is 1.18 bits per heavy atom. The number of pyridine rings is 1. The van der Waals surface area contributed by atoms with Crippen molar-refractivity contribution in [3.63, 3.8) is 0 Å². The molecule has 0 atom stereocenters. The maximum atomic E-state index is 11.6. The van der Waals surface area contributed by atoms with E-state index in [1.54, 1.807) is 6.07 Å². The normalized spacial score (nSPS) is 15.6. The lowest BCUT2D eigenvalue weighted by Crippen LogP contribution is -2.28. The average Bonchev–Trinajstić information content (AvgIpc) is 3.13. The van der Waals surface area contributed by atoms with Crippen LogP contribution in [-0.4, -0.2) is 35.4 Å². The van der Waals surface area contributed by atoms with E-state index in [1.165, 1.54) is 6.42 Å². The summed E-state index contributed by atoms with van der Waals surface area (Å²) in [5, 5.41) is 12.7. The molecule has 1 aromatic heterocycles. The van der Waals surface area contributed by atoms with Crippen LogP contribution in [0.5, 0.6) is 11.5 Å². The van der Waals surface area contributed by atoms with Gasteiger partial charge in [-0.05, 0) is 31.9 Å². The van der Waals surface area contributed by atoms with Crippen molar-refractivity contribution in [1.82, 2.24) is 10.3 Å². The first-order chi connectivity index (χ1) is 13.5. The summed E-state index contributed by atoms with van der Waals surface area (Å²) in [6, 6.07) is 4.91. The van der Waals surface area contributed by atoms with E-state index in [0.717, 1.165) is 42.3 Å². The van der Waals surface area contributed by atoms with Gasteiger partial charge in [0.05, 0.1) is 16.8 Å². The highest BCUT2D eigenvalue weighted by atomic mass is 16.7. The van der Waals surface area contributed by atoms with Crippen molar-refractivity contribution in [1.29, 1.82) is 0 Å². The molecule has 1 aromatic carbocycles. The van der Waals surface area contributed by atoms with Crippen LogP contribution in [0.15, 0.2) is 18.2 Å². The van der Waals surface area contributed by atoms with Gasteiger partial charge in [0.1, 0.15) is 0 Å². The monoisotopic (exact) mass is 387 g/mol. The van der Waals surface area contributed by atoms with Gasteiger partial charge in [-0.3, -0.25) is 4.98 Å². The van der Waals surface area contributed by atoms with Gasteiger partial charge >= 0.3 is 12.0 Å². The highest BCUT2D eigenvalue weighted by molar-refractivity contribution is 5.95. The fraction of sp³-hybridized carbons (Fsp3) is 0.450. The summed E-state index contributed by atoms with van der Waals surface area (Å²) in [5.41, 5.74) is 6.46. The number of benzene rings is 1. The number of hydrogen-bond acceptors (Lipinski definition) is 5. The van der Waals surface area contributed by atoms with Crippen LogP contribution in [0.25, 0.3) is 10.9 Å². The van der Waals surface area contributed by atoms with Crippen LogP contribution in [-0.2, 0) is 0 Å². The summed E-state index contributed by atoms with van der Waals surface area (Å²) < 4.78 is 10.7. The molecule has 2 aliphatic rings. The summed E-state index contributed by atoms with van der Waals surface area (Å²) >= 11 is 0. The lowest BCUT2D eigenvalue weighted by molar-refractivity contribution is 0.0694. The number of aromatic nitrogens is 1. The summed E-state index contributed by atoms with van der Waals surface area (Å²) in [4.78, 5) is 26.0. The molecule has 1 saturated carbocycles. The molecule has 28 heavy (non-hydrogen) atoms. The lowest BCUT2D eigenvalue weighted by atomic mass is 9.84. The van der Waals surface area contributed by atoms with E-state index in [0.29, 0.717) is 23.6 Å². The van der Waals surface area contributed by atoms with Crippen molar-refractivity contribution in [3.05, 3.63) is 29.5 Å². The number of urea groups is 1. The minimum Gasteiger partial charge on any atom is -0.478 e. The molecule has 4 N–H and O–H groups in total. The minimum atomic E-state index is -0.910. The molecule has 0 bridgehead atoms. The number of ether oxygens (including phenoxy) is 2. The minimum absolute atomic E-state index is 0.201. The zero-order valence-electron chi connectivity index (χ0n) is 15.9. The summed E-state index contributed by atoms with van der Waals surface area (Å²) in [7, 11) is 0. The zero-order chi connectivity index (χ0) is 20.1. The van der Waals surface area contributed by atoms with Gasteiger partial charge in [-0.25, -0.2) is 9.59 Å². The fourth-order valence-corrected chi connectivity index (χ4v) is 3.61. The predicted octanol–water partition coefficient (Wildman–Crippen LogP) is 3.38. The molecule has 2 amide bonds. The Morgan fingerprint density at radius 2 is 1.86 bits per heavy atom. The Hall–Kier alpha value is -3.03. The van der Waals surface area contributed by atoms with Crippen LogP contribution in [0, 0.1) is 0 Å². The first-order valence-corrected chi connectivity index (χ1v) is 9.50. The van der Waals surface area contributed by atoms with Gasteiger partial charge in [-0.15, -0.1) is 0 Å². The number of rotatable bonds is 3. The smallest absolute Gasteiger partial charge is 0.337 e. The number of carboxylic acids is 1. The quantitative estimate of drug-likeness (QED) is 0.742. The van der Waals surface area contributed by atoms with Crippen molar-refractivity contribution < 1.29 is 24.2 Å². The second-order valence-electron chi connectivity index (χ2n) is 6.85. The van der Waals surface area contributed by atoms with Gasteiger partial charge in [-0.1, -0.05) is 19.3 Å². The molecule has 2 heterocycles. The molecule has 8 heteroatoms. The third-order valence-corrected chi connectivity index (χ3v) is 4.91. The Bertz CT molecular complexity index is 878. The van der Waals surface area contributed by atoms with Gasteiger partial charge < -0.3 is 25.6 Å². The van der Waals surface area contributed by atoms with Gasteiger partial charge in [0.15, 0.2) is 11.5 Å². The van der Waals surface area contributed by atoms with Crippen molar-refractivity contribution in [2.24, 2.45) is 5.73 Å². The number of nitrogens with one attached hydrogen (secondary N) is 1. The lowest BCUT2D eigenvalue weighted by Gasteiger charge is -2.22. The maximum absolute atomic E-state index is 11.6. The number of carboxylic acid groups (broad SMARTS) is 1. The van der Waals surface area contributed by atoms with Gasteiger partial charge in [0.2, 0.25) is 6.79 Å². The molecule has 1 fully saturated rings. The van der Waals surface area contributed by atoms with E-state index in [2.05, 4.69) is 16.0 Å². The number of primary amides is 1. The van der Waals surface area contributed by atoms with Crippen LogP contribution in [0.2, 0.25) is 0 Å². The Balaban J connectivity index is 0.000000330. The first kappa shape index (κ1) is 19.7. The number of carbonyl (C=O) groups excluding carboxylic acids is 1. The number of aromatic carboxylic acids is 1. The number of amides is 2. The van der Waals surface area contributed by atoms with E-state index in [1.807, 2.05) is 19.1 Å². The molecule has 2 aromatic rings. The van der Waals surface area contributed by atoms with Crippen molar-refractivity contribution in [2.75, 3.05) is 13.3 Å². The summed E-state index contributed by atoms with van der Waals surface area (Å²) in [6.07, 6.45) is 5.55. The molecule has 8 nitrogen and oxygen atoms in total. The molecule has 0 radical (unpaired) electrons. The summed E-state index contributed by atoms with van der Waals surface area (Å²) in [6.45, 7) is 2.62. The van der Waals surface area contributed by atoms with E-state index in [-0.39, 0.29) is 12.7 Å². The van der Waals surface area contributed by atoms with E-state index >= 15 is 0 Å². The first-order valence-electron chi connectivity index (χ1n) is 9.50. The van der Waals surface area contributed by atoms with E-state index in [4.69, 9.17) is 9.47 Å². The fourth-order valence-electron chi connectivity index (χ4n) is 3.61. The van der Waals surface area contributed by atoms with E-state index in [9.17, 15) is 14.7 Å². The van der Waals surface area contributed by atoms with Crippen molar-refractivity contribution in [2.45, 2.75) is 44.9 Å². The van der Waals surface area contributed by atoms with Crippen molar-refractivity contribution >= 4 is 22.9 Å². The SMILES string of the molecule is CCNC(N)=O.O=C(O)c1cc2cc3c(cc2nc1C1CCCCC1)OCO3. The zero-order valence-corrected chi connectivity index (χ0v) is 15.9. The van der Waals surface area contributed by atoms with Crippen LogP contribution < -0.4 is 20.5 Å². The molecule has 0 spiro atoms. The predicted molar refractivity (Wildman–Crippen MR) is 104 cm³/mol. The average molecular weight is 387 g/mol. The molecule has 150 valence electrons. The number of carbonyl (C=O) groups is 2. The highest BCUT2D eigenvalue weighted by Crippen LogP contribution is 2.38. The Labute approximate surface area is 163 Å². The molecular weight excluding hydrogens is 362 g/mol. The Morgan fingerprint density at radius 3 is 2.43 bits per heavy atom. The molecule has 1 aliphatic carbocycles. The molecule has 4 rings (SSSR count). The number of hydrogen-bond donors (Lipinski definition) is 3. The van der Waals surface area contributed by atoms with E-state index < -0.39 is 12.0 Å². The Kier molecular flexibility index (Phi) is 6.18. The second kappa shape index (κ2) is 8.77. The van der Waals surface area contributed by atoms with Crippen LogP contribution >= 0.6 is 0 Å². The van der Waals surface area contributed by atoms with Crippen molar-refractivity contribution in [3.8, 4) is 11.5 Å². The van der Waals surface area contributed by atoms with Crippen LogP contribution in [0.4, 0.5) is 4.79 Å². The third kappa shape index (κ3) is 4.44. The maximum Gasteiger partial charge on any atom is 0.337 e. The standard InChI is InChI=1S/C17H17NO4.C3H8N2O/c19-17(20)12-6-11-7-14-15(22-9-21-14)8-13(11)18-16(12)10-4-2-1-3-5-10;1-2-5-3(4)6/h6-8,10H,1-5,9H2,(H,19,20);2H2,1H3,(H3,4,5,6). The van der Waals surface area contributed by atoms with Crippen LogP contribution in [0.1, 0.15) is 61.0 Å². The summed E-state index contributed by atoms with van der Waals surface area (Å²) in [5.74, 6) is 0.663. The molecule has 0 unspecified atom stereocenters. The van der Waals surface area contributed by atoms with Gasteiger partial charge in [0.25, 0.3) is 0 Å².